The van der Waals surface area contributed by atoms with E-state index in [-0.39, 0.29) is 18.5 Å². The minimum atomic E-state index is -4.02. The number of amidine groups is 2. The van der Waals surface area contributed by atoms with E-state index < -0.39 is 27.7 Å². The summed E-state index contributed by atoms with van der Waals surface area (Å²) in [5.41, 5.74) is 7.31. The number of carbonyl (C=O) groups is 1. The fraction of sp³-hybridized carbons (Fsp3) is 0.345. The summed E-state index contributed by atoms with van der Waals surface area (Å²) in [4.78, 5) is 13.5. The van der Waals surface area contributed by atoms with Crippen LogP contribution in [-0.2, 0) is 21.4 Å². The molecule has 4 rings (SSSR count). The molecule has 1 heterocycles. The molecule has 0 spiro atoms. The third-order valence-corrected chi connectivity index (χ3v) is 9.04. The molecule has 1 aliphatic heterocycles. The van der Waals surface area contributed by atoms with Gasteiger partial charge in [0, 0.05) is 31.5 Å². The molecule has 3 aromatic carbocycles. The number of ether oxygens (including phenoxy) is 1. The van der Waals surface area contributed by atoms with Crippen molar-refractivity contribution in [2.75, 3.05) is 23.1 Å². The number of piperidine rings is 1. The van der Waals surface area contributed by atoms with E-state index in [1.165, 1.54) is 11.2 Å². The van der Waals surface area contributed by atoms with Crippen molar-refractivity contribution in [3.63, 3.8) is 0 Å². The summed E-state index contributed by atoms with van der Waals surface area (Å²) in [6, 6.07) is 17.8. The molecule has 0 amide bonds. The molecule has 1 saturated heterocycles. The van der Waals surface area contributed by atoms with Crippen LogP contribution >= 0.6 is 0 Å². The third kappa shape index (κ3) is 6.90. The van der Waals surface area contributed by atoms with Crippen molar-refractivity contribution in [3.05, 3.63) is 71.8 Å². The van der Waals surface area contributed by atoms with E-state index in [9.17, 15) is 18.3 Å². The average molecular weight is 566 g/mol. The van der Waals surface area contributed by atoms with Crippen LogP contribution in [0.4, 0.5) is 5.69 Å². The lowest BCUT2D eigenvalue weighted by Gasteiger charge is -2.33. The van der Waals surface area contributed by atoms with Gasteiger partial charge < -0.3 is 20.5 Å². The molecule has 1 aliphatic rings. The highest BCUT2D eigenvalue weighted by Gasteiger charge is 2.28. The summed E-state index contributed by atoms with van der Waals surface area (Å²) >= 11 is 0. The Hall–Kier alpha value is -4.12. The largest absolute Gasteiger partial charge is 0.490 e. The maximum absolute atomic E-state index is 13.5. The number of likely N-dealkylation sites (tertiary alicyclic amines) is 1. The molecule has 10 nitrogen and oxygen atoms in total. The average Bonchev–Trinajstić information content (AvgIpc) is 2.91. The van der Waals surface area contributed by atoms with Crippen molar-refractivity contribution in [3.8, 4) is 5.75 Å². The number of carboxylic acid groups (broad SMARTS) is 1. The normalized spacial score (nSPS) is 15.0. The number of fused-ring (bicyclic) bond motifs is 1. The molecule has 5 N–H and O–H groups in total. The number of nitrogens with zero attached hydrogens (tertiary/aromatic N) is 2. The zero-order valence-corrected chi connectivity index (χ0v) is 23.4. The molecule has 1 fully saturated rings. The topological polar surface area (TPSA) is 161 Å². The highest BCUT2D eigenvalue weighted by atomic mass is 32.2. The van der Waals surface area contributed by atoms with Crippen LogP contribution in [0.3, 0.4) is 0 Å². The van der Waals surface area contributed by atoms with Crippen LogP contribution in [0.15, 0.2) is 60.7 Å². The predicted molar refractivity (Wildman–Crippen MR) is 157 cm³/mol. The van der Waals surface area contributed by atoms with Crippen LogP contribution in [0.5, 0.6) is 5.75 Å². The molecular formula is C29H35N5O5S. The van der Waals surface area contributed by atoms with Crippen molar-refractivity contribution in [1.29, 1.82) is 10.8 Å². The van der Waals surface area contributed by atoms with Gasteiger partial charge in [-0.25, -0.2) is 8.42 Å². The van der Waals surface area contributed by atoms with Crippen LogP contribution in [0.2, 0.25) is 0 Å². The second-order valence-corrected chi connectivity index (χ2v) is 12.2. The fourth-order valence-electron chi connectivity index (χ4n) is 4.75. The summed E-state index contributed by atoms with van der Waals surface area (Å²) in [6.07, 6.45) is 1.59. The first-order valence-corrected chi connectivity index (χ1v) is 14.7. The Morgan fingerprint density at radius 1 is 1.07 bits per heavy atom. The highest BCUT2D eigenvalue weighted by molar-refractivity contribution is 7.92. The Labute approximate surface area is 234 Å². The molecule has 212 valence electrons. The van der Waals surface area contributed by atoms with Crippen LogP contribution in [0.25, 0.3) is 10.8 Å². The van der Waals surface area contributed by atoms with Gasteiger partial charge in [-0.3, -0.25) is 19.9 Å². The fourth-order valence-corrected chi connectivity index (χ4v) is 6.49. The van der Waals surface area contributed by atoms with Gasteiger partial charge in [0.2, 0.25) is 10.0 Å². The van der Waals surface area contributed by atoms with Crippen LogP contribution < -0.4 is 14.8 Å². The number of hydrogen-bond donors (Lipinski definition) is 4. The van der Waals surface area contributed by atoms with Crippen molar-refractivity contribution in [2.24, 2.45) is 11.7 Å². The van der Waals surface area contributed by atoms with Gasteiger partial charge in [0.05, 0.1) is 29.7 Å². The number of aliphatic carboxylic acids is 1. The first-order valence-electron chi connectivity index (χ1n) is 13.1. The van der Waals surface area contributed by atoms with Gasteiger partial charge >= 0.3 is 5.97 Å². The van der Waals surface area contributed by atoms with Crippen LogP contribution in [0.1, 0.15) is 37.8 Å². The molecule has 1 atom stereocenters. The Kier molecular flexibility index (Phi) is 8.63. The lowest BCUT2D eigenvalue weighted by Crippen LogP contribution is -2.40. The van der Waals surface area contributed by atoms with E-state index in [4.69, 9.17) is 21.3 Å². The summed E-state index contributed by atoms with van der Waals surface area (Å²) in [6.45, 7) is 4.66. The number of hydrogen-bond acceptors (Lipinski definition) is 6. The van der Waals surface area contributed by atoms with Gasteiger partial charge in [-0.05, 0) is 59.7 Å². The maximum atomic E-state index is 13.5. The van der Waals surface area contributed by atoms with Gasteiger partial charge in [0.25, 0.3) is 0 Å². The number of nitrogens with two attached hydrogens (primary N) is 1. The number of anilines is 1. The molecule has 0 aromatic heterocycles. The van der Waals surface area contributed by atoms with Crippen LogP contribution in [-0.4, -0.2) is 61.0 Å². The summed E-state index contributed by atoms with van der Waals surface area (Å²) in [5, 5.41) is 26.6. The van der Waals surface area contributed by atoms with Crippen molar-refractivity contribution < 1.29 is 23.1 Å². The summed E-state index contributed by atoms with van der Waals surface area (Å²) in [7, 11) is -4.02. The SMILES string of the molecule is CC(=N)N1CCC(Oc2ccc(N(Cc3ccc4ccc(C(=N)N)cc4c3)S(=O)(=O)CC(C)C(=O)O)cc2)CC1. The monoisotopic (exact) mass is 565 g/mol. The summed E-state index contributed by atoms with van der Waals surface area (Å²) in [5.74, 6) is -1.70. The van der Waals surface area contributed by atoms with Crippen molar-refractivity contribution in [1.82, 2.24) is 4.90 Å². The smallest absolute Gasteiger partial charge is 0.307 e. The minimum Gasteiger partial charge on any atom is -0.490 e. The van der Waals surface area contributed by atoms with Gasteiger partial charge in [0.15, 0.2) is 0 Å². The van der Waals surface area contributed by atoms with E-state index in [1.54, 1.807) is 43.3 Å². The zero-order valence-electron chi connectivity index (χ0n) is 22.6. The van der Waals surface area contributed by atoms with Gasteiger partial charge in [0.1, 0.15) is 17.7 Å². The Morgan fingerprint density at radius 3 is 2.33 bits per heavy atom. The minimum absolute atomic E-state index is 0.00342. The quantitative estimate of drug-likeness (QED) is 0.213. The Balaban J connectivity index is 1.59. The maximum Gasteiger partial charge on any atom is 0.307 e. The lowest BCUT2D eigenvalue weighted by molar-refractivity contribution is -0.140. The first kappa shape index (κ1) is 28.9. The number of carboxylic acids is 1. The molecule has 1 unspecified atom stereocenters. The second kappa shape index (κ2) is 12.0. The number of nitrogen functional groups attached to an aromatic ring is 1. The molecule has 40 heavy (non-hydrogen) atoms. The summed E-state index contributed by atoms with van der Waals surface area (Å²) < 4.78 is 34.4. The lowest BCUT2D eigenvalue weighted by atomic mass is 10.0. The molecule has 0 bridgehead atoms. The number of sulfonamides is 1. The molecule has 3 aromatic rings. The van der Waals surface area contributed by atoms with Gasteiger partial charge in [-0.15, -0.1) is 0 Å². The standard InChI is InChI=1S/C29H35N5O5S/c1-19(29(35)36)18-40(37,38)34(17-21-3-4-22-5-6-23(28(31)32)16-24(22)15-21)25-7-9-26(10-8-25)39-27-11-13-33(14-12-27)20(2)30/h3-10,15-16,19,27,30H,11-14,17-18H2,1-2H3,(H3,31,32)(H,35,36). The Bertz CT molecular complexity index is 1520. The van der Waals surface area contributed by atoms with E-state index in [0.717, 1.165) is 36.7 Å². The van der Waals surface area contributed by atoms with E-state index in [1.807, 2.05) is 29.2 Å². The van der Waals surface area contributed by atoms with E-state index >= 15 is 0 Å². The number of rotatable bonds is 10. The number of benzene rings is 3. The highest BCUT2D eigenvalue weighted by Crippen LogP contribution is 2.28. The van der Waals surface area contributed by atoms with Gasteiger partial charge in [-0.1, -0.05) is 31.2 Å². The first-order chi connectivity index (χ1) is 18.9. The molecular weight excluding hydrogens is 530 g/mol. The van der Waals surface area contributed by atoms with Crippen molar-refractivity contribution >= 4 is 44.1 Å². The Morgan fingerprint density at radius 2 is 1.73 bits per heavy atom. The molecule has 0 aliphatic carbocycles. The van der Waals surface area contributed by atoms with Crippen molar-refractivity contribution in [2.45, 2.75) is 39.3 Å². The predicted octanol–water partition coefficient (Wildman–Crippen LogP) is 4.02. The van der Waals surface area contributed by atoms with E-state index in [2.05, 4.69) is 0 Å². The molecule has 11 heteroatoms. The molecule has 0 radical (unpaired) electrons. The second-order valence-electron chi connectivity index (χ2n) is 10.2. The number of nitrogens with one attached hydrogen (secondary N) is 2. The van der Waals surface area contributed by atoms with Crippen LogP contribution in [0, 0.1) is 16.7 Å². The zero-order chi connectivity index (χ0) is 29.0. The van der Waals surface area contributed by atoms with Gasteiger partial charge in [-0.2, -0.15) is 0 Å². The molecule has 0 saturated carbocycles. The van der Waals surface area contributed by atoms with E-state index in [0.29, 0.717) is 28.4 Å². The third-order valence-electron chi connectivity index (χ3n) is 7.10.